The average molecular weight is 361 g/mol. The largest absolute Gasteiger partial charge is 0.0620 e. The van der Waals surface area contributed by atoms with Gasteiger partial charge in [-0.1, -0.05) is 97.2 Å². The predicted octanol–water partition coefficient (Wildman–Crippen LogP) is 7.25. The normalized spacial score (nSPS) is 33.1. The van der Waals surface area contributed by atoms with Crippen molar-refractivity contribution >= 4 is 0 Å². The van der Waals surface area contributed by atoms with E-state index in [0.29, 0.717) is 0 Å². The Kier molecular flexibility index (Phi) is 4.54. The lowest BCUT2D eigenvalue weighted by atomic mass is 9.87. The Morgan fingerprint density at radius 3 is 0.536 bits per heavy atom. The van der Waals surface area contributed by atoms with E-state index in [-0.39, 0.29) is 0 Å². The maximum Gasteiger partial charge on any atom is -0.00201 e. The van der Waals surface area contributed by atoms with E-state index in [2.05, 4.69) is 97.2 Å². The molecule has 28 heavy (non-hydrogen) atoms. The highest BCUT2D eigenvalue weighted by molar-refractivity contribution is 5.56. The maximum absolute atomic E-state index is 2.30. The maximum atomic E-state index is 2.30. The second-order valence-electron chi connectivity index (χ2n) is 7.78. The molecule has 0 amide bonds. The van der Waals surface area contributed by atoms with Crippen molar-refractivity contribution in [3.05, 3.63) is 142 Å². The Hall–Kier alpha value is -3.12. The van der Waals surface area contributed by atoms with Gasteiger partial charge in [0, 0.05) is 0 Å². The van der Waals surface area contributed by atoms with E-state index in [1.165, 1.54) is 44.6 Å². The Morgan fingerprint density at radius 2 is 0.393 bits per heavy atom. The van der Waals surface area contributed by atoms with E-state index in [1.807, 2.05) is 0 Å². The lowest BCUT2D eigenvalue weighted by Crippen LogP contribution is -1.99. The quantitative estimate of drug-likeness (QED) is 0.427. The molecule has 0 N–H and O–H groups in total. The lowest BCUT2D eigenvalue weighted by Gasteiger charge is -2.18. The molecule has 0 spiro atoms. The molecule has 0 fully saturated rings. The van der Waals surface area contributed by atoms with Crippen molar-refractivity contribution in [1.29, 1.82) is 0 Å². The highest BCUT2D eigenvalue weighted by Gasteiger charge is 2.17. The zero-order valence-corrected chi connectivity index (χ0v) is 16.1. The molecule has 0 heteroatoms. The Labute approximate surface area is 167 Å². The molecule has 0 nitrogen and oxygen atoms in total. The Bertz CT molecular complexity index is 817. The summed E-state index contributed by atoms with van der Waals surface area (Å²) >= 11 is 0. The Balaban J connectivity index is 1.79. The first kappa shape index (κ1) is 17.0. The summed E-state index contributed by atoms with van der Waals surface area (Å²) in [6, 6.07) is 0. The monoisotopic (exact) mass is 360 g/mol. The zero-order chi connectivity index (χ0) is 18.8. The molecule has 0 aromatic carbocycles. The van der Waals surface area contributed by atoms with Crippen LogP contribution in [-0.4, -0.2) is 0 Å². The van der Waals surface area contributed by atoms with Gasteiger partial charge in [0.1, 0.15) is 0 Å². The number of hydrogen-bond donors (Lipinski definition) is 0. The minimum Gasteiger partial charge on any atom is -0.0620 e. The van der Waals surface area contributed by atoms with Crippen LogP contribution in [0.15, 0.2) is 142 Å². The second kappa shape index (κ2) is 7.48. The van der Waals surface area contributed by atoms with Crippen LogP contribution < -0.4 is 0 Å². The van der Waals surface area contributed by atoms with Crippen molar-refractivity contribution < 1.29 is 0 Å². The highest BCUT2D eigenvalue weighted by Crippen LogP contribution is 2.36. The molecule has 0 radical (unpaired) electrons. The third-order valence-electron chi connectivity index (χ3n) is 6.00. The standard InChI is InChI=1S/C28H24/c1-2-10-22-17-21(9-1)23-11-3-4-13-25(18-23)27-15-7-8-16-28(20-27)26-14-6-5-12-24(22)19-26/h1-16H,17-20H2/b23-21-,24-22-,27-25-,28-26-. The Morgan fingerprint density at radius 1 is 0.250 bits per heavy atom. The molecule has 0 heterocycles. The van der Waals surface area contributed by atoms with Crippen LogP contribution in [0.25, 0.3) is 0 Å². The smallest absolute Gasteiger partial charge is 0.00201 e. The summed E-state index contributed by atoms with van der Waals surface area (Å²) in [6.45, 7) is 0. The molecule has 0 unspecified atom stereocenters. The fourth-order valence-electron chi connectivity index (χ4n) is 4.43. The molecule has 5 aliphatic rings. The number of hydrogen-bond acceptors (Lipinski definition) is 0. The topological polar surface area (TPSA) is 0 Å². The molecule has 0 aromatic heterocycles. The van der Waals surface area contributed by atoms with Gasteiger partial charge in [0.05, 0.1) is 0 Å². The third-order valence-corrected chi connectivity index (χ3v) is 6.00. The molecule has 0 saturated heterocycles. The van der Waals surface area contributed by atoms with Gasteiger partial charge < -0.3 is 0 Å². The molecule has 5 aliphatic carbocycles. The molecule has 0 saturated carbocycles. The van der Waals surface area contributed by atoms with Crippen LogP contribution in [0.4, 0.5) is 0 Å². The van der Waals surface area contributed by atoms with Gasteiger partial charge in [-0.25, -0.2) is 0 Å². The van der Waals surface area contributed by atoms with Gasteiger partial charge in [0.2, 0.25) is 0 Å². The van der Waals surface area contributed by atoms with Crippen LogP contribution in [0.1, 0.15) is 25.7 Å². The predicted molar refractivity (Wildman–Crippen MR) is 120 cm³/mol. The van der Waals surface area contributed by atoms with E-state index in [9.17, 15) is 0 Å². The highest BCUT2D eigenvalue weighted by atomic mass is 14.2. The van der Waals surface area contributed by atoms with E-state index in [1.54, 1.807) is 0 Å². The van der Waals surface area contributed by atoms with Crippen molar-refractivity contribution in [2.45, 2.75) is 25.7 Å². The zero-order valence-electron chi connectivity index (χ0n) is 16.1. The van der Waals surface area contributed by atoms with E-state index in [0.717, 1.165) is 25.7 Å². The first-order chi connectivity index (χ1) is 13.9. The molecule has 136 valence electrons. The van der Waals surface area contributed by atoms with Crippen LogP contribution in [-0.2, 0) is 0 Å². The van der Waals surface area contributed by atoms with Gasteiger partial charge in [-0.15, -0.1) is 0 Å². The molecule has 0 atom stereocenters. The molecular formula is C28H24. The fraction of sp³-hybridized carbons (Fsp3) is 0.143. The molecule has 5 rings (SSSR count). The first-order valence-electron chi connectivity index (χ1n) is 10.1. The van der Waals surface area contributed by atoms with Crippen LogP contribution in [0.2, 0.25) is 0 Å². The van der Waals surface area contributed by atoms with Crippen molar-refractivity contribution in [2.75, 3.05) is 0 Å². The van der Waals surface area contributed by atoms with E-state index < -0.39 is 0 Å². The van der Waals surface area contributed by atoms with E-state index in [4.69, 9.17) is 0 Å². The number of fused-ring (bicyclic) bond motifs is 8. The minimum atomic E-state index is 0.989. The van der Waals surface area contributed by atoms with Gasteiger partial charge in [-0.2, -0.15) is 0 Å². The van der Waals surface area contributed by atoms with Crippen LogP contribution in [0, 0.1) is 0 Å². The molecule has 0 aromatic rings. The summed E-state index contributed by atoms with van der Waals surface area (Å²) in [6.07, 6.45) is 39.9. The summed E-state index contributed by atoms with van der Waals surface area (Å²) in [5.41, 5.74) is 11.4. The fourth-order valence-corrected chi connectivity index (χ4v) is 4.43. The summed E-state index contributed by atoms with van der Waals surface area (Å²) < 4.78 is 0. The summed E-state index contributed by atoms with van der Waals surface area (Å²) in [7, 11) is 0. The third kappa shape index (κ3) is 3.39. The first-order valence-corrected chi connectivity index (χ1v) is 10.1. The van der Waals surface area contributed by atoms with Gasteiger partial charge in [0.15, 0.2) is 0 Å². The summed E-state index contributed by atoms with van der Waals surface area (Å²) in [5.74, 6) is 0. The van der Waals surface area contributed by atoms with Crippen molar-refractivity contribution in [3.63, 3.8) is 0 Å². The second-order valence-corrected chi connectivity index (χ2v) is 7.78. The van der Waals surface area contributed by atoms with Crippen LogP contribution in [0.5, 0.6) is 0 Å². The van der Waals surface area contributed by atoms with Gasteiger partial charge in [-0.05, 0) is 70.3 Å². The van der Waals surface area contributed by atoms with Crippen LogP contribution >= 0.6 is 0 Å². The number of allylic oxidation sites excluding steroid dienone is 24. The molecule has 8 bridgehead atoms. The SMILES string of the molecule is C1=C/C2=C3\C=CC=C/C(=C4\C=CC=C/C(=C5\C=CC=C/C(=C(\C=C1)C2)C5)C4)C3. The molecular weight excluding hydrogens is 336 g/mol. The summed E-state index contributed by atoms with van der Waals surface area (Å²) in [5, 5.41) is 0. The van der Waals surface area contributed by atoms with Gasteiger partial charge in [-0.3, -0.25) is 0 Å². The van der Waals surface area contributed by atoms with Crippen molar-refractivity contribution in [2.24, 2.45) is 0 Å². The van der Waals surface area contributed by atoms with Crippen LogP contribution in [0.3, 0.4) is 0 Å². The number of rotatable bonds is 0. The summed E-state index contributed by atoms with van der Waals surface area (Å²) in [4.78, 5) is 0. The molecule has 0 aliphatic heterocycles. The van der Waals surface area contributed by atoms with Crippen molar-refractivity contribution in [1.82, 2.24) is 0 Å². The lowest BCUT2D eigenvalue weighted by molar-refractivity contribution is 1.03. The van der Waals surface area contributed by atoms with Crippen molar-refractivity contribution in [3.8, 4) is 0 Å². The van der Waals surface area contributed by atoms with Gasteiger partial charge >= 0.3 is 0 Å². The van der Waals surface area contributed by atoms with E-state index >= 15 is 0 Å². The minimum absolute atomic E-state index is 0.989. The average Bonchev–Trinajstić information content (AvgIpc) is 3.26. The van der Waals surface area contributed by atoms with Gasteiger partial charge in [0.25, 0.3) is 0 Å².